The fraction of sp³-hybridized carbons (Fsp3) is 0.130. The Morgan fingerprint density at radius 1 is 0.444 bits per heavy atom. The molecule has 0 atom stereocenters. The Morgan fingerprint density at radius 2 is 0.870 bits per heavy atom. The van der Waals surface area contributed by atoms with Gasteiger partial charge in [0, 0.05) is 5.41 Å². The largest absolute Gasteiger partial charge is 0.457 e. The number of hydrogen-bond acceptors (Lipinski definition) is 6. The molecule has 0 unspecified atom stereocenters. The molecule has 0 aliphatic carbocycles. The van der Waals surface area contributed by atoms with Crippen molar-refractivity contribution in [2.24, 2.45) is 0 Å². The van der Waals surface area contributed by atoms with E-state index in [2.05, 4.69) is 13.8 Å². The molecular formula is C46H36N2O6. The molecule has 8 heteroatoms. The molecule has 54 heavy (non-hydrogen) atoms. The summed E-state index contributed by atoms with van der Waals surface area (Å²) >= 11 is 0. The van der Waals surface area contributed by atoms with Crippen molar-refractivity contribution in [1.29, 1.82) is 0 Å². The van der Waals surface area contributed by atoms with Crippen molar-refractivity contribution in [3.8, 4) is 23.0 Å². The number of carbonyl (C=O) groups is 4. The van der Waals surface area contributed by atoms with Crippen LogP contribution in [0.4, 0.5) is 11.4 Å². The second kappa shape index (κ2) is 13.0. The van der Waals surface area contributed by atoms with E-state index in [0.717, 1.165) is 27.8 Å². The predicted molar refractivity (Wildman–Crippen MR) is 207 cm³/mol. The number of para-hydroxylation sites is 1. The van der Waals surface area contributed by atoms with Gasteiger partial charge in [-0.2, -0.15) is 0 Å². The topological polar surface area (TPSA) is 93.2 Å². The van der Waals surface area contributed by atoms with Crippen LogP contribution in [-0.4, -0.2) is 23.6 Å². The second-order valence-electron chi connectivity index (χ2n) is 14.3. The molecule has 0 bridgehead atoms. The van der Waals surface area contributed by atoms with Crippen molar-refractivity contribution < 1.29 is 28.7 Å². The van der Waals surface area contributed by atoms with E-state index in [1.165, 1.54) is 9.80 Å². The van der Waals surface area contributed by atoms with Crippen LogP contribution >= 0.6 is 0 Å². The summed E-state index contributed by atoms with van der Waals surface area (Å²) < 4.78 is 12.3. The van der Waals surface area contributed by atoms with E-state index in [1.54, 1.807) is 42.5 Å². The summed E-state index contributed by atoms with van der Waals surface area (Å²) in [6.45, 7) is 9.96. The SMILES string of the molecule is Cc1cccc(N2C(=O)c3ccc(Oc4ccc(C(C)(C)c5ccc(Oc6ccc7c(c6)C(=O)N(c6c(C)cccc6C)C7=O)cc5)cc4)cc3C2=O)c1. The number of ether oxygens (including phenoxy) is 2. The number of anilines is 2. The minimum absolute atomic E-state index is 0.309. The van der Waals surface area contributed by atoms with Gasteiger partial charge < -0.3 is 9.47 Å². The van der Waals surface area contributed by atoms with E-state index < -0.39 is 0 Å². The van der Waals surface area contributed by atoms with Crippen LogP contribution in [0.5, 0.6) is 23.0 Å². The minimum Gasteiger partial charge on any atom is -0.457 e. The lowest BCUT2D eigenvalue weighted by atomic mass is 9.78. The molecule has 0 spiro atoms. The number of nitrogens with zero attached hydrogens (tertiary/aromatic N) is 2. The van der Waals surface area contributed by atoms with Crippen LogP contribution in [0.3, 0.4) is 0 Å². The van der Waals surface area contributed by atoms with Crippen LogP contribution < -0.4 is 19.3 Å². The monoisotopic (exact) mass is 712 g/mol. The Morgan fingerprint density at radius 3 is 1.37 bits per heavy atom. The molecule has 266 valence electrons. The van der Waals surface area contributed by atoms with E-state index in [9.17, 15) is 19.2 Å². The zero-order chi connectivity index (χ0) is 37.9. The number of benzene rings is 6. The molecular weight excluding hydrogens is 677 g/mol. The minimum atomic E-state index is -0.376. The summed E-state index contributed by atoms with van der Waals surface area (Å²) in [5.41, 5.74) is 6.90. The van der Waals surface area contributed by atoms with E-state index >= 15 is 0 Å². The van der Waals surface area contributed by atoms with E-state index in [4.69, 9.17) is 9.47 Å². The molecule has 0 aromatic heterocycles. The molecule has 0 saturated carbocycles. The molecule has 0 N–H and O–H groups in total. The van der Waals surface area contributed by atoms with Gasteiger partial charge in [0.2, 0.25) is 0 Å². The zero-order valence-electron chi connectivity index (χ0n) is 30.5. The third kappa shape index (κ3) is 5.82. The fourth-order valence-electron chi connectivity index (χ4n) is 7.25. The van der Waals surface area contributed by atoms with Gasteiger partial charge in [-0.15, -0.1) is 0 Å². The lowest BCUT2D eigenvalue weighted by Gasteiger charge is -2.26. The van der Waals surface area contributed by atoms with Gasteiger partial charge >= 0.3 is 0 Å². The van der Waals surface area contributed by atoms with Crippen molar-refractivity contribution in [3.63, 3.8) is 0 Å². The first-order valence-electron chi connectivity index (χ1n) is 17.7. The van der Waals surface area contributed by atoms with Gasteiger partial charge in [0.15, 0.2) is 0 Å². The Hall–Kier alpha value is -6.80. The van der Waals surface area contributed by atoms with Gasteiger partial charge in [-0.05, 0) is 121 Å². The first kappa shape index (κ1) is 34.3. The van der Waals surface area contributed by atoms with Gasteiger partial charge in [0.05, 0.1) is 33.6 Å². The number of hydrogen-bond donors (Lipinski definition) is 0. The third-order valence-corrected chi connectivity index (χ3v) is 10.3. The third-order valence-electron chi connectivity index (χ3n) is 10.3. The van der Waals surface area contributed by atoms with Gasteiger partial charge in [-0.3, -0.25) is 19.2 Å². The Bertz CT molecular complexity index is 2510. The van der Waals surface area contributed by atoms with Crippen LogP contribution in [0.25, 0.3) is 0 Å². The van der Waals surface area contributed by atoms with E-state index in [1.807, 2.05) is 106 Å². The molecule has 0 saturated heterocycles. The highest BCUT2D eigenvalue weighted by molar-refractivity contribution is 6.35. The molecule has 2 aliphatic rings. The summed E-state index contributed by atoms with van der Waals surface area (Å²) in [6.07, 6.45) is 0. The average Bonchev–Trinajstić information content (AvgIpc) is 3.55. The molecule has 0 radical (unpaired) electrons. The quantitative estimate of drug-likeness (QED) is 0.146. The number of rotatable bonds is 8. The van der Waals surface area contributed by atoms with Gasteiger partial charge in [0.1, 0.15) is 23.0 Å². The van der Waals surface area contributed by atoms with Crippen LogP contribution in [0.15, 0.2) is 127 Å². The number of carbonyl (C=O) groups excluding carboxylic acids is 4. The number of imide groups is 2. The summed E-state index contributed by atoms with van der Waals surface area (Å²) in [5.74, 6) is 0.680. The van der Waals surface area contributed by atoms with Crippen LogP contribution in [0, 0.1) is 20.8 Å². The average molecular weight is 713 g/mol. The van der Waals surface area contributed by atoms with Crippen molar-refractivity contribution in [3.05, 3.63) is 177 Å². The summed E-state index contributed by atoms with van der Waals surface area (Å²) in [7, 11) is 0. The first-order valence-corrected chi connectivity index (χ1v) is 17.7. The fourth-order valence-corrected chi connectivity index (χ4v) is 7.25. The Kier molecular flexibility index (Phi) is 8.26. The standard InChI is InChI=1S/C46H36N2O6/c1-27-8-6-11-32(24-27)47-42(49)37-22-20-35(25-39(37)44(47)51)53-33-16-12-30(13-17-33)46(4,5)31-14-18-34(19-15-31)54-36-21-23-38-40(26-36)45(52)48(43(38)50)41-28(2)9-7-10-29(41)3/h6-26H,1-5H3. The van der Waals surface area contributed by atoms with Crippen LogP contribution in [0.2, 0.25) is 0 Å². The molecule has 4 amide bonds. The van der Waals surface area contributed by atoms with Crippen LogP contribution in [0.1, 0.15) is 83.1 Å². The number of amides is 4. The van der Waals surface area contributed by atoms with Crippen LogP contribution in [-0.2, 0) is 5.41 Å². The van der Waals surface area contributed by atoms with Gasteiger partial charge in [0.25, 0.3) is 23.6 Å². The highest BCUT2D eigenvalue weighted by atomic mass is 16.5. The Balaban J connectivity index is 0.943. The summed E-state index contributed by atoms with van der Waals surface area (Å²) in [6, 6.07) is 38.5. The molecule has 0 fully saturated rings. The smallest absolute Gasteiger partial charge is 0.266 e. The van der Waals surface area contributed by atoms with E-state index in [-0.39, 0.29) is 29.0 Å². The number of fused-ring (bicyclic) bond motifs is 2. The molecule has 8 rings (SSSR count). The molecule has 6 aromatic rings. The van der Waals surface area contributed by atoms with Gasteiger partial charge in [-0.1, -0.05) is 68.4 Å². The maximum absolute atomic E-state index is 13.5. The predicted octanol–water partition coefficient (Wildman–Crippen LogP) is 10.1. The summed E-state index contributed by atoms with van der Waals surface area (Å²) in [4.78, 5) is 55.6. The summed E-state index contributed by atoms with van der Waals surface area (Å²) in [5, 5.41) is 0. The molecule has 8 nitrogen and oxygen atoms in total. The first-order chi connectivity index (χ1) is 25.9. The maximum atomic E-state index is 13.5. The van der Waals surface area contributed by atoms with E-state index in [0.29, 0.717) is 56.6 Å². The zero-order valence-corrected chi connectivity index (χ0v) is 30.5. The Labute approximate surface area is 313 Å². The van der Waals surface area contributed by atoms with Crippen molar-refractivity contribution >= 4 is 35.0 Å². The maximum Gasteiger partial charge on any atom is 0.266 e. The lowest BCUT2D eigenvalue weighted by Crippen LogP contribution is -2.30. The molecule has 6 aromatic carbocycles. The van der Waals surface area contributed by atoms with Crippen molar-refractivity contribution in [2.45, 2.75) is 40.0 Å². The molecule has 2 aliphatic heterocycles. The highest BCUT2D eigenvalue weighted by Gasteiger charge is 2.39. The highest BCUT2D eigenvalue weighted by Crippen LogP contribution is 2.38. The second-order valence-corrected chi connectivity index (χ2v) is 14.3. The normalized spacial score (nSPS) is 13.7. The number of aryl methyl sites for hydroxylation is 3. The van der Waals surface area contributed by atoms with Crippen molar-refractivity contribution in [1.82, 2.24) is 0 Å². The van der Waals surface area contributed by atoms with Crippen molar-refractivity contribution in [2.75, 3.05) is 9.80 Å². The van der Waals surface area contributed by atoms with Gasteiger partial charge in [-0.25, -0.2) is 9.80 Å². The molecule has 2 heterocycles. The lowest BCUT2D eigenvalue weighted by molar-refractivity contribution is 0.0910.